The summed E-state index contributed by atoms with van der Waals surface area (Å²) in [5.74, 6) is 0. The van der Waals surface area contributed by atoms with Crippen LogP contribution >= 0.6 is 15.9 Å². The van der Waals surface area contributed by atoms with Gasteiger partial charge in [0, 0.05) is 24.0 Å². The van der Waals surface area contributed by atoms with Crippen LogP contribution in [0.1, 0.15) is 5.69 Å². The number of aromatic nitrogens is 1. The van der Waals surface area contributed by atoms with Crippen LogP contribution in [0.2, 0.25) is 0 Å². The monoisotopic (exact) mass is 280 g/mol. The zero-order valence-electron chi connectivity index (χ0n) is 8.55. The highest BCUT2D eigenvalue weighted by Gasteiger charge is 2.10. The molecule has 0 unspecified atom stereocenters. The molecule has 0 aliphatic carbocycles. The summed E-state index contributed by atoms with van der Waals surface area (Å²) in [6, 6.07) is 7.83. The molecule has 0 saturated carbocycles. The SMILES string of the molecule is Cn1c(/C=C/[N+](=O)[O-])c(Br)c2ccccc21. The van der Waals surface area contributed by atoms with Crippen LogP contribution in [0.5, 0.6) is 0 Å². The molecule has 0 fully saturated rings. The molecule has 0 N–H and O–H groups in total. The summed E-state index contributed by atoms with van der Waals surface area (Å²) >= 11 is 3.46. The van der Waals surface area contributed by atoms with Crippen LogP contribution in [0.25, 0.3) is 17.0 Å². The predicted molar refractivity (Wildman–Crippen MR) is 66.6 cm³/mol. The molecule has 5 heteroatoms. The standard InChI is InChI=1S/C11H9BrN2O2/c1-13-9-5-3-2-4-8(9)11(12)10(13)6-7-14(15)16/h2-7H,1H3/b7-6+. The van der Waals surface area contributed by atoms with Crippen molar-refractivity contribution in [1.82, 2.24) is 4.57 Å². The predicted octanol–water partition coefficient (Wildman–Crippen LogP) is 3.19. The van der Waals surface area contributed by atoms with E-state index < -0.39 is 4.92 Å². The number of para-hydroxylation sites is 1. The Bertz CT molecular complexity index is 548. The number of halogens is 1. The molecular weight excluding hydrogens is 272 g/mol. The summed E-state index contributed by atoms with van der Waals surface area (Å²) < 4.78 is 2.79. The summed E-state index contributed by atoms with van der Waals surface area (Å²) in [6.07, 6.45) is 2.43. The van der Waals surface area contributed by atoms with Gasteiger partial charge < -0.3 is 4.57 Å². The van der Waals surface area contributed by atoms with Crippen molar-refractivity contribution < 1.29 is 4.92 Å². The van der Waals surface area contributed by atoms with Crippen LogP contribution in [0.4, 0.5) is 0 Å². The fraction of sp³-hybridized carbons (Fsp3) is 0.0909. The van der Waals surface area contributed by atoms with Crippen molar-refractivity contribution in [3.05, 3.63) is 50.7 Å². The van der Waals surface area contributed by atoms with E-state index >= 15 is 0 Å². The van der Waals surface area contributed by atoms with E-state index in [2.05, 4.69) is 15.9 Å². The van der Waals surface area contributed by atoms with Gasteiger partial charge in [-0.15, -0.1) is 0 Å². The Morgan fingerprint density at radius 1 is 1.44 bits per heavy atom. The Morgan fingerprint density at radius 3 is 2.75 bits per heavy atom. The third-order valence-electron chi connectivity index (χ3n) is 2.44. The van der Waals surface area contributed by atoms with Crippen LogP contribution in [-0.2, 0) is 7.05 Å². The van der Waals surface area contributed by atoms with Gasteiger partial charge in [-0.05, 0) is 22.0 Å². The minimum atomic E-state index is -0.468. The second kappa shape index (κ2) is 4.09. The average Bonchev–Trinajstić information content (AvgIpc) is 2.50. The van der Waals surface area contributed by atoms with Crippen LogP contribution in [0.15, 0.2) is 34.9 Å². The van der Waals surface area contributed by atoms with Gasteiger partial charge in [0.05, 0.1) is 15.1 Å². The molecule has 82 valence electrons. The Morgan fingerprint density at radius 2 is 2.12 bits per heavy atom. The van der Waals surface area contributed by atoms with Crippen molar-refractivity contribution in [2.75, 3.05) is 0 Å². The maximum absolute atomic E-state index is 10.3. The molecule has 0 bridgehead atoms. The maximum atomic E-state index is 10.3. The number of aryl methyl sites for hydroxylation is 1. The summed E-state index contributed by atoms with van der Waals surface area (Å²) in [5.41, 5.74) is 1.83. The van der Waals surface area contributed by atoms with Crippen molar-refractivity contribution in [3.63, 3.8) is 0 Å². The zero-order chi connectivity index (χ0) is 11.7. The third-order valence-corrected chi connectivity index (χ3v) is 3.28. The molecule has 1 aromatic heterocycles. The highest BCUT2D eigenvalue weighted by molar-refractivity contribution is 9.10. The van der Waals surface area contributed by atoms with E-state index in [9.17, 15) is 10.1 Å². The summed E-state index contributed by atoms with van der Waals surface area (Å²) in [7, 11) is 1.88. The van der Waals surface area contributed by atoms with E-state index in [0.717, 1.165) is 27.3 Å². The number of fused-ring (bicyclic) bond motifs is 1. The molecule has 2 aromatic rings. The number of rotatable bonds is 2. The fourth-order valence-electron chi connectivity index (χ4n) is 1.68. The highest BCUT2D eigenvalue weighted by atomic mass is 79.9. The van der Waals surface area contributed by atoms with E-state index in [1.807, 2.05) is 35.9 Å². The normalized spacial score (nSPS) is 11.4. The molecule has 0 amide bonds. The molecule has 1 heterocycles. The van der Waals surface area contributed by atoms with Gasteiger partial charge in [0.15, 0.2) is 0 Å². The van der Waals surface area contributed by atoms with Crippen LogP contribution < -0.4 is 0 Å². The zero-order valence-corrected chi connectivity index (χ0v) is 10.1. The second-order valence-electron chi connectivity index (χ2n) is 3.38. The average molecular weight is 281 g/mol. The minimum Gasteiger partial charge on any atom is -0.343 e. The first-order chi connectivity index (χ1) is 7.61. The largest absolute Gasteiger partial charge is 0.343 e. The summed E-state index contributed by atoms with van der Waals surface area (Å²) in [4.78, 5) is 9.84. The van der Waals surface area contributed by atoms with Crippen LogP contribution in [0.3, 0.4) is 0 Å². The number of nitro groups is 1. The van der Waals surface area contributed by atoms with E-state index in [1.165, 1.54) is 6.08 Å². The van der Waals surface area contributed by atoms with Gasteiger partial charge >= 0.3 is 0 Å². The Labute approximate surface area is 100 Å². The lowest BCUT2D eigenvalue weighted by molar-refractivity contribution is -0.401. The van der Waals surface area contributed by atoms with Crippen molar-refractivity contribution in [2.24, 2.45) is 7.05 Å². The molecule has 1 aromatic carbocycles. The lowest BCUT2D eigenvalue weighted by Gasteiger charge is -1.97. The van der Waals surface area contributed by atoms with Gasteiger partial charge in [0.1, 0.15) is 0 Å². The third kappa shape index (κ3) is 1.74. The van der Waals surface area contributed by atoms with Crippen molar-refractivity contribution in [3.8, 4) is 0 Å². The minimum absolute atomic E-state index is 0.468. The molecule has 0 radical (unpaired) electrons. The van der Waals surface area contributed by atoms with Gasteiger partial charge in [-0.1, -0.05) is 18.2 Å². The van der Waals surface area contributed by atoms with Crippen LogP contribution in [-0.4, -0.2) is 9.49 Å². The van der Waals surface area contributed by atoms with E-state index in [1.54, 1.807) is 0 Å². The maximum Gasteiger partial charge on any atom is 0.236 e. The van der Waals surface area contributed by atoms with Crippen molar-refractivity contribution in [1.29, 1.82) is 0 Å². The second-order valence-corrected chi connectivity index (χ2v) is 4.17. The first kappa shape index (κ1) is 10.9. The lowest BCUT2D eigenvalue weighted by atomic mass is 10.2. The van der Waals surface area contributed by atoms with Crippen molar-refractivity contribution in [2.45, 2.75) is 0 Å². The van der Waals surface area contributed by atoms with E-state index in [4.69, 9.17) is 0 Å². The molecule has 0 atom stereocenters. The quantitative estimate of drug-likeness (QED) is 0.627. The molecular formula is C11H9BrN2O2. The lowest BCUT2D eigenvalue weighted by Crippen LogP contribution is -1.91. The summed E-state index contributed by atoms with van der Waals surface area (Å²) in [5, 5.41) is 11.4. The first-order valence-corrected chi connectivity index (χ1v) is 5.45. The van der Waals surface area contributed by atoms with Gasteiger partial charge in [-0.2, -0.15) is 0 Å². The smallest absolute Gasteiger partial charge is 0.236 e. The number of hydrogen-bond acceptors (Lipinski definition) is 2. The molecule has 2 rings (SSSR count). The Balaban J connectivity index is 2.66. The first-order valence-electron chi connectivity index (χ1n) is 4.66. The van der Waals surface area contributed by atoms with Crippen molar-refractivity contribution >= 4 is 32.9 Å². The van der Waals surface area contributed by atoms with E-state index in [-0.39, 0.29) is 0 Å². The van der Waals surface area contributed by atoms with E-state index in [0.29, 0.717) is 0 Å². The number of nitrogens with zero attached hydrogens (tertiary/aromatic N) is 2. The molecule has 0 spiro atoms. The molecule has 0 aliphatic heterocycles. The molecule has 4 nitrogen and oxygen atoms in total. The van der Waals surface area contributed by atoms with Gasteiger partial charge in [-0.3, -0.25) is 10.1 Å². The molecule has 0 aliphatic rings. The Kier molecular flexibility index (Phi) is 2.78. The van der Waals surface area contributed by atoms with Gasteiger partial charge in [0.25, 0.3) is 0 Å². The topological polar surface area (TPSA) is 48.1 Å². The molecule has 0 saturated heterocycles. The fourth-order valence-corrected chi connectivity index (χ4v) is 2.42. The highest BCUT2D eigenvalue weighted by Crippen LogP contribution is 2.30. The van der Waals surface area contributed by atoms with Gasteiger partial charge in [0.2, 0.25) is 6.20 Å². The molecule has 16 heavy (non-hydrogen) atoms. The number of hydrogen-bond donors (Lipinski definition) is 0. The number of benzene rings is 1. The Hall–Kier alpha value is -1.62. The van der Waals surface area contributed by atoms with Crippen LogP contribution in [0, 0.1) is 10.1 Å². The van der Waals surface area contributed by atoms with Gasteiger partial charge in [-0.25, -0.2) is 0 Å². The summed E-state index contributed by atoms with van der Waals surface area (Å²) in [6.45, 7) is 0.